The fourth-order valence-corrected chi connectivity index (χ4v) is 1.77. The van der Waals surface area contributed by atoms with Crippen LogP contribution in [0.25, 0.3) is 0 Å². The highest BCUT2D eigenvalue weighted by atomic mass is 79.9. The van der Waals surface area contributed by atoms with Crippen LogP contribution in [0.2, 0.25) is 0 Å². The molecule has 0 bridgehead atoms. The van der Waals surface area contributed by atoms with Gasteiger partial charge in [-0.2, -0.15) is 0 Å². The van der Waals surface area contributed by atoms with Crippen LogP contribution in [0.15, 0.2) is 16.7 Å². The van der Waals surface area contributed by atoms with Crippen molar-refractivity contribution in [2.45, 2.75) is 20.3 Å². The molecule has 2 rings (SSSR count). The highest BCUT2D eigenvalue weighted by molar-refractivity contribution is 9.10. The normalized spacial score (nSPS) is 24.8. The largest absolute Gasteiger partial charge is 0.370 e. The Morgan fingerprint density at radius 1 is 1.64 bits per heavy atom. The van der Waals surface area contributed by atoms with Gasteiger partial charge in [0, 0.05) is 17.2 Å². The number of aromatic nitrogens is 1. The van der Waals surface area contributed by atoms with E-state index in [2.05, 4.69) is 46.1 Å². The van der Waals surface area contributed by atoms with Gasteiger partial charge in [-0.05, 0) is 52.7 Å². The van der Waals surface area contributed by atoms with E-state index in [1.165, 1.54) is 12.0 Å². The van der Waals surface area contributed by atoms with E-state index < -0.39 is 0 Å². The molecule has 0 radical (unpaired) electrons. The highest BCUT2D eigenvalue weighted by Gasteiger charge is 2.31. The first-order valence-corrected chi connectivity index (χ1v) is 5.82. The number of rotatable bonds is 3. The van der Waals surface area contributed by atoms with Crippen molar-refractivity contribution < 1.29 is 0 Å². The molecule has 3 heteroatoms. The van der Waals surface area contributed by atoms with Gasteiger partial charge >= 0.3 is 0 Å². The van der Waals surface area contributed by atoms with Gasteiger partial charge in [0.1, 0.15) is 5.82 Å². The quantitative estimate of drug-likeness (QED) is 0.896. The Labute approximate surface area is 93.3 Å². The third-order valence-corrected chi connectivity index (χ3v) is 3.70. The molecule has 2 nitrogen and oxygen atoms in total. The molecule has 14 heavy (non-hydrogen) atoms. The number of nitrogens with one attached hydrogen (secondary N) is 1. The molecule has 0 aliphatic heterocycles. The van der Waals surface area contributed by atoms with Crippen molar-refractivity contribution in [3.63, 3.8) is 0 Å². The van der Waals surface area contributed by atoms with Crippen LogP contribution in [0.5, 0.6) is 0 Å². The van der Waals surface area contributed by atoms with Crippen molar-refractivity contribution in [1.82, 2.24) is 4.98 Å². The Hall–Kier alpha value is -0.570. The fourth-order valence-electron chi connectivity index (χ4n) is 1.56. The first-order chi connectivity index (χ1) is 6.66. The third kappa shape index (κ3) is 2.27. The number of aryl methyl sites for hydroxylation is 1. The van der Waals surface area contributed by atoms with Crippen molar-refractivity contribution in [1.29, 1.82) is 0 Å². The summed E-state index contributed by atoms with van der Waals surface area (Å²) >= 11 is 3.44. The average Bonchev–Trinajstić information content (AvgIpc) is 2.85. The SMILES string of the molecule is Cc1cc(NCC2CC2C)ncc1Br. The van der Waals surface area contributed by atoms with Gasteiger partial charge in [-0.25, -0.2) is 4.98 Å². The van der Waals surface area contributed by atoms with Crippen LogP contribution >= 0.6 is 15.9 Å². The molecule has 1 aromatic heterocycles. The fraction of sp³-hybridized carbons (Fsp3) is 0.545. The molecule has 0 amide bonds. The summed E-state index contributed by atoms with van der Waals surface area (Å²) in [6.45, 7) is 5.44. The Morgan fingerprint density at radius 3 is 2.93 bits per heavy atom. The second kappa shape index (κ2) is 3.89. The van der Waals surface area contributed by atoms with Crippen LogP contribution in [-0.4, -0.2) is 11.5 Å². The maximum Gasteiger partial charge on any atom is 0.126 e. The van der Waals surface area contributed by atoms with Gasteiger partial charge in [0.25, 0.3) is 0 Å². The second-order valence-electron chi connectivity index (χ2n) is 4.17. The van der Waals surface area contributed by atoms with E-state index in [0.717, 1.165) is 28.7 Å². The molecule has 0 aromatic carbocycles. The van der Waals surface area contributed by atoms with Crippen molar-refractivity contribution >= 4 is 21.7 Å². The lowest BCUT2D eigenvalue weighted by Crippen LogP contribution is -2.05. The lowest BCUT2D eigenvalue weighted by molar-refractivity contribution is 0.784. The van der Waals surface area contributed by atoms with Crippen molar-refractivity contribution in [3.8, 4) is 0 Å². The van der Waals surface area contributed by atoms with E-state index in [0.29, 0.717) is 0 Å². The number of pyridine rings is 1. The summed E-state index contributed by atoms with van der Waals surface area (Å²) in [6, 6.07) is 2.08. The predicted molar refractivity (Wildman–Crippen MR) is 62.4 cm³/mol. The van der Waals surface area contributed by atoms with Gasteiger partial charge in [0.2, 0.25) is 0 Å². The summed E-state index contributed by atoms with van der Waals surface area (Å²) in [7, 11) is 0. The molecule has 0 spiro atoms. The summed E-state index contributed by atoms with van der Waals surface area (Å²) in [5.41, 5.74) is 1.23. The molecule has 1 aliphatic rings. The zero-order valence-electron chi connectivity index (χ0n) is 8.55. The minimum atomic E-state index is 0.862. The minimum absolute atomic E-state index is 0.862. The Kier molecular flexibility index (Phi) is 2.77. The van der Waals surface area contributed by atoms with Crippen LogP contribution in [-0.2, 0) is 0 Å². The van der Waals surface area contributed by atoms with Gasteiger partial charge in [-0.3, -0.25) is 0 Å². The van der Waals surface area contributed by atoms with Gasteiger partial charge in [0.15, 0.2) is 0 Å². The van der Waals surface area contributed by atoms with Crippen LogP contribution < -0.4 is 5.32 Å². The lowest BCUT2D eigenvalue weighted by atomic mass is 10.3. The molecular formula is C11H15BrN2. The van der Waals surface area contributed by atoms with Crippen molar-refractivity contribution in [3.05, 3.63) is 22.3 Å². The molecule has 1 heterocycles. The third-order valence-electron chi connectivity index (χ3n) is 2.87. The second-order valence-corrected chi connectivity index (χ2v) is 5.03. The molecule has 1 saturated carbocycles. The molecule has 0 saturated heterocycles. The van der Waals surface area contributed by atoms with Crippen LogP contribution in [0.1, 0.15) is 18.9 Å². The highest BCUT2D eigenvalue weighted by Crippen LogP contribution is 2.37. The molecule has 1 aromatic rings. The van der Waals surface area contributed by atoms with Crippen LogP contribution in [0.4, 0.5) is 5.82 Å². The van der Waals surface area contributed by atoms with Gasteiger partial charge in [-0.15, -0.1) is 0 Å². The van der Waals surface area contributed by atoms with E-state index in [1.54, 1.807) is 0 Å². The van der Waals surface area contributed by atoms with Gasteiger partial charge in [0.05, 0.1) is 0 Å². The molecule has 2 atom stereocenters. The number of hydrogen-bond donors (Lipinski definition) is 1. The summed E-state index contributed by atoms with van der Waals surface area (Å²) in [6.07, 6.45) is 3.22. The first-order valence-electron chi connectivity index (χ1n) is 5.03. The van der Waals surface area contributed by atoms with E-state index in [-0.39, 0.29) is 0 Å². The summed E-state index contributed by atoms with van der Waals surface area (Å²) in [4.78, 5) is 4.31. The van der Waals surface area contributed by atoms with Crippen molar-refractivity contribution in [2.75, 3.05) is 11.9 Å². The van der Waals surface area contributed by atoms with E-state index in [9.17, 15) is 0 Å². The standard InChI is InChI=1S/C11H15BrN2/c1-7-3-9(7)5-13-11-4-8(2)10(12)6-14-11/h4,6-7,9H,3,5H2,1-2H3,(H,13,14). The van der Waals surface area contributed by atoms with Crippen LogP contribution in [0, 0.1) is 18.8 Å². The van der Waals surface area contributed by atoms with E-state index in [4.69, 9.17) is 0 Å². The zero-order chi connectivity index (χ0) is 10.1. The maximum absolute atomic E-state index is 4.31. The number of nitrogens with zero attached hydrogens (tertiary/aromatic N) is 1. The molecule has 1 aliphatic carbocycles. The molecule has 1 N–H and O–H groups in total. The van der Waals surface area contributed by atoms with Crippen LogP contribution in [0.3, 0.4) is 0 Å². The monoisotopic (exact) mass is 254 g/mol. The number of hydrogen-bond acceptors (Lipinski definition) is 2. The topological polar surface area (TPSA) is 24.9 Å². The minimum Gasteiger partial charge on any atom is -0.370 e. The summed E-state index contributed by atoms with van der Waals surface area (Å²) in [5, 5.41) is 3.37. The van der Waals surface area contributed by atoms with Gasteiger partial charge in [-0.1, -0.05) is 6.92 Å². The number of anilines is 1. The lowest BCUT2D eigenvalue weighted by Gasteiger charge is -2.06. The van der Waals surface area contributed by atoms with E-state index in [1.807, 2.05) is 6.20 Å². The summed E-state index contributed by atoms with van der Waals surface area (Å²) in [5.74, 6) is 2.75. The Morgan fingerprint density at radius 2 is 2.36 bits per heavy atom. The Bertz CT molecular complexity index is 338. The predicted octanol–water partition coefficient (Wildman–Crippen LogP) is 3.22. The average molecular weight is 255 g/mol. The maximum atomic E-state index is 4.31. The molecular weight excluding hydrogens is 240 g/mol. The number of halogens is 1. The molecule has 1 fully saturated rings. The van der Waals surface area contributed by atoms with Crippen molar-refractivity contribution in [2.24, 2.45) is 11.8 Å². The summed E-state index contributed by atoms with van der Waals surface area (Å²) < 4.78 is 1.07. The smallest absolute Gasteiger partial charge is 0.126 e. The van der Waals surface area contributed by atoms with E-state index >= 15 is 0 Å². The Balaban J connectivity index is 1.92. The zero-order valence-corrected chi connectivity index (χ0v) is 10.1. The first kappa shape index (κ1) is 9.97. The van der Waals surface area contributed by atoms with Gasteiger partial charge < -0.3 is 5.32 Å². The molecule has 2 unspecified atom stereocenters. The molecule has 76 valence electrons.